The lowest BCUT2D eigenvalue weighted by molar-refractivity contribution is -2.00. The van der Waals surface area contributed by atoms with E-state index >= 15 is 0 Å². The molecule has 0 fully saturated rings. The first-order valence-corrected chi connectivity index (χ1v) is 14.2. The summed E-state index contributed by atoms with van der Waals surface area (Å²) in [6.07, 6.45) is 16.9. The van der Waals surface area contributed by atoms with Gasteiger partial charge in [-0.05, 0) is 51.4 Å². The Morgan fingerprint density at radius 3 is 0.808 bits per heavy atom. The summed E-state index contributed by atoms with van der Waals surface area (Å²) < 4.78 is 35.9. The molecule has 160 valence electrons. The van der Waals surface area contributed by atoms with Crippen molar-refractivity contribution in [3.63, 3.8) is 0 Å². The highest BCUT2D eigenvalue weighted by Crippen LogP contribution is 2.18. The predicted octanol–water partition coefficient (Wildman–Crippen LogP) is -1.19. The van der Waals surface area contributed by atoms with Crippen molar-refractivity contribution in [3.05, 3.63) is 0 Å². The zero-order valence-electron chi connectivity index (χ0n) is 17.8. The summed E-state index contributed by atoms with van der Waals surface area (Å²) >= 11 is -5.94. The van der Waals surface area contributed by atoms with Gasteiger partial charge in [-0.1, -0.05) is 53.4 Å². The molecule has 0 unspecified atom stereocenters. The number of unbranched alkanes of at least 4 members (excludes halogenated alkanes) is 8. The molecular weight excluding hydrogens is 445 g/mol. The van der Waals surface area contributed by atoms with Gasteiger partial charge in [0.15, 0.2) is 0 Å². The minimum Gasteiger partial charge on any atom is -0.324 e. The average molecular weight is 489 g/mol. The lowest BCUT2D eigenvalue weighted by Gasteiger charge is -2.39. The molecule has 0 saturated carbocycles. The summed E-state index contributed by atoms with van der Waals surface area (Å²) in [6.45, 7) is 15.1. The second-order valence-corrected chi connectivity index (χ2v) is 9.60. The second-order valence-electron chi connectivity index (χ2n) is 7.44. The number of hydrogen-bond donors (Lipinski definition) is 0. The maximum atomic E-state index is 8.62. The molecule has 0 spiro atoms. The highest BCUT2D eigenvalue weighted by atomic mass is 127. The van der Waals surface area contributed by atoms with Crippen molar-refractivity contribution in [1.82, 2.24) is 0 Å². The van der Waals surface area contributed by atoms with Gasteiger partial charge in [0, 0.05) is 0 Å². The third-order valence-electron chi connectivity index (χ3n) is 4.94. The van der Waals surface area contributed by atoms with Gasteiger partial charge in [0.25, 0.3) is 0 Å². The second kappa shape index (κ2) is 18.9. The molecule has 0 aliphatic heterocycles. The molecule has 0 aliphatic carbocycles. The smallest absolute Gasteiger partial charge is 0.144 e. The fourth-order valence-corrected chi connectivity index (χ4v) is 3.46. The van der Waals surface area contributed by atoms with E-state index in [1.807, 2.05) is 0 Å². The van der Waals surface area contributed by atoms with E-state index in [0.29, 0.717) is 0 Å². The van der Waals surface area contributed by atoms with E-state index in [2.05, 4.69) is 27.7 Å². The molecule has 0 atom stereocenters. The number of nitrogens with zero attached hydrogens (tertiary/aromatic N) is 1. The third kappa shape index (κ3) is 22.6. The molecule has 5 nitrogen and oxygen atoms in total. The molecule has 0 radical (unpaired) electrons. The predicted molar refractivity (Wildman–Crippen MR) is 97.8 cm³/mol. The van der Waals surface area contributed by atoms with E-state index in [1.165, 1.54) is 108 Å². The van der Waals surface area contributed by atoms with Crippen LogP contribution in [0.5, 0.6) is 0 Å². The Kier molecular flexibility index (Phi) is 20.9. The van der Waals surface area contributed by atoms with Crippen LogP contribution in [-0.4, -0.2) is 30.7 Å². The van der Waals surface area contributed by atoms with Crippen molar-refractivity contribution in [3.8, 4) is 0 Å². The summed E-state index contributed by atoms with van der Waals surface area (Å²) in [6, 6.07) is 0. The van der Waals surface area contributed by atoms with E-state index in [9.17, 15) is 0 Å². The zero-order valence-corrected chi connectivity index (χ0v) is 19.9. The summed E-state index contributed by atoms with van der Waals surface area (Å²) in [5.74, 6) is 0. The Morgan fingerprint density at radius 2 is 0.654 bits per heavy atom. The summed E-state index contributed by atoms with van der Waals surface area (Å²) in [5, 5.41) is 0. The van der Waals surface area contributed by atoms with Gasteiger partial charge in [-0.25, -0.2) is 0 Å². The minimum atomic E-state index is -5.94. The van der Waals surface area contributed by atoms with Gasteiger partial charge in [-0.15, -0.1) is 0 Å². The molecule has 0 aliphatic rings. The highest BCUT2D eigenvalue weighted by Gasteiger charge is 2.25. The number of quaternary nitrogens is 1. The van der Waals surface area contributed by atoms with Crippen molar-refractivity contribution in [2.45, 2.75) is 105 Å². The molecule has 0 aromatic rings. The Bertz CT molecular complexity index is 234. The first kappa shape index (κ1) is 28.7. The van der Waals surface area contributed by atoms with Crippen LogP contribution in [0.2, 0.25) is 0 Å². The van der Waals surface area contributed by atoms with Crippen molar-refractivity contribution in [1.29, 1.82) is 0 Å². The largest absolute Gasteiger partial charge is 0.324 e. The number of halogens is 1. The van der Waals surface area contributed by atoms with Crippen LogP contribution < -0.4 is 33.8 Å². The standard InChI is InChI=1S/C20H44N.IO4/c1-5-9-13-17-21(18-14-10-6-2,19-15-11-7-3)20-16-12-8-4;2-1(3,4)5/h5-20H2,1-4H3;/q+1;-1. The maximum absolute atomic E-state index is 8.62. The fraction of sp³-hybridized carbons (Fsp3) is 1.00. The van der Waals surface area contributed by atoms with Crippen LogP contribution in [0, 0.1) is 0 Å². The van der Waals surface area contributed by atoms with Gasteiger partial charge in [0.1, 0.15) is 20.1 Å². The molecule has 0 N–H and O–H groups in total. The normalized spacial score (nSPS) is 12.0. The van der Waals surface area contributed by atoms with Gasteiger partial charge in [-0.2, -0.15) is 0 Å². The van der Waals surface area contributed by atoms with E-state index in [4.69, 9.17) is 13.7 Å². The van der Waals surface area contributed by atoms with Gasteiger partial charge >= 0.3 is 0 Å². The summed E-state index contributed by atoms with van der Waals surface area (Å²) in [5.41, 5.74) is 0. The number of hydrogen-bond acceptors (Lipinski definition) is 4. The van der Waals surface area contributed by atoms with Crippen LogP contribution in [0.3, 0.4) is 0 Å². The van der Waals surface area contributed by atoms with E-state index in [0.717, 1.165) is 0 Å². The van der Waals surface area contributed by atoms with E-state index in [1.54, 1.807) is 0 Å². The Labute approximate surface area is 169 Å². The van der Waals surface area contributed by atoms with E-state index < -0.39 is 20.1 Å². The van der Waals surface area contributed by atoms with Crippen molar-refractivity contribution >= 4 is 0 Å². The van der Waals surface area contributed by atoms with Crippen LogP contribution >= 0.6 is 0 Å². The monoisotopic (exact) mass is 489 g/mol. The molecule has 0 aromatic carbocycles. The van der Waals surface area contributed by atoms with Gasteiger partial charge in [-0.3, -0.25) is 13.7 Å². The Hall–Kier alpha value is 0.530. The average Bonchev–Trinajstić information content (AvgIpc) is 2.54. The maximum Gasteiger partial charge on any atom is 0.144 e. The van der Waals surface area contributed by atoms with Crippen LogP contribution in [0.15, 0.2) is 0 Å². The van der Waals surface area contributed by atoms with Gasteiger partial charge < -0.3 is 4.48 Å². The quantitative estimate of drug-likeness (QED) is 0.155. The lowest BCUT2D eigenvalue weighted by atomic mass is 10.1. The van der Waals surface area contributed by atoms with Gasteiger partial charge in [0.2, 0.25) is 0 Å². The molecule has 0 rings (SSSR count). The number of rotatable bonds is 16. The third-order valence-corrected chi connectivity index (χ3v) is 4.94. The summed E-state index contributed by atoms with van der Waals surface area (Å²) in [4.78, 5) is 0. The molecular formula is C20H44INO4. The summed E-state index contributed by atoms with van der Waals surface area (Å²) in [7, 11) is 0. The lowest BCUT2D eigenvalue weighted by Crippen LogP contribution is -4.29. The van der Waals surface area contributed by atoms with Crippen molar-refractivity contribution < 1.29 is 38.3 Å². The van der Waals surface area contributed by atoms with Crippen molar-refractivity contribution in [2.24, 2.45) is 0 Å². The first-order chi connectivity index (χ1) is 12.2. The topological polar surface area (TPSA) is 92.2 Å². The molecule has 0 aromatic heterocycles. The Morgan fingerprint density at radius 1 is 0.462 bits per heavy atom. The molecule has 0 bridgehead atoms. The van der Waals surface area contributed by atoms with Crippen LogP contribution in [-0.2, 0) is 0 Å². The minimum absolute atomic E-state index is 1.36. The zero-order chi connectivity index (χ0) is 20.3. The molecule has 0 heterocycles. The molecule has 0 saturated heterocycles. The van der Waals surface area contributed by atoms with E-state index in [-0.39, 0.29) is 0 Å². The molecule has 6 heteroatoms. The highest BCUT2D eigenvalue weighted by molar-refractivity contribution is 4.51. The van der Waals surface area contributed by atoms with Gasteiger partial charge in [0.05, 0.1) is 26.2 Å². The van der Waals surface area contributed by atoms with Crippen LogP contribution in [0.25, 0.3) is 0 Å². The van der Waals surface area contributed by atoms with Crippen LogP contribution in [0.1, 0.15) is 105 Å². The fourth-order valence-electron chi connectivity index (χ4n) is 3.46. The van der Waals surface area contributed by atoms with Crippen LogP contribution in [0.4, 0.5) is 0 Å². The molecule has 0 amide bonds. The Balaban J connectivity index is 0. The van der Waals surface area contributed by atoms with Crippen molar-refractivity contribution in [2.75, 3.05) is 26.2 Å². The first-order valence-electron chi connectivity index (χ1n) is 10.7. The SMILES string of the molecule is CCCCC[N+](CCCCC)(CCCCC)CCCCC.[O-][I+3]([O-])([O-])[O-]. The molecule has 26 heavy (non-hydrogen) atoms.